The van der Waals surface area contributed by atoms with Crippen LogP contribution in [0.2, 0.25) is 0 Å². The standard InChI is InChI=1S/C24H32FNO5/c1-3-30-24(28)15-6-8-17(9-7-15)31-22-12-18(21(29-2)13-19(22)25)23(27)26-20-11-14-4-5-16(20)10-14/h12-17,20H,3-11H2,1-2H3,(H,26,27)/t14-,15?,16+,17?,20+/m1/s1. The Morgan fingerprint density at radius 2 is 1.84 bits per heavy atom. The predicted octanol–water partition coefficient (Wildman–Crippen LogP) is 4.25. The van der Waals surface area contributed by atoms with E-state index in [0.29, 0.717) is 49.7 Å². The highest BCUT2D eigenvalue weighted by molar-refractivity contribution is 5.97. The van der Waals surface area contributed by atoms with Crippen molar-refractivity contribution in [1.82, 2.24) is 5.32 Å². The molecule has 170 valence electrons. The number of hydrogen-bond acceptors (Lipinski definition) is 5. The Morgan fingerprint density at radius 1 is 1.06 bits per heavy atom. The van der Waals surface area contributed by atoms with Gasteiger partial charge in [0.05, 0.1) is 31.3 Å². The van der Waals surface area contributed by atoms with Crippen molar-refractivity contribution in [3.63, 3.8) is 0 Å². The summed E-state index contributed by atoms with van der Waals surface area (Å²) in [4.78, 5) is 24.9. The van der Waals surface area contributed by atoms with Crippen molar-refractivity contribution >= 4 is 11.9 Å². The number of fused-ring (bicyclic) bond motifs is 2. The van der Waals surface area contributed by atoms with Gasteiger partial charge < -0.3 is 19.5 Å². The third kappa shape index (κ3) is 4.80. The first-order valence-corrected chi connectivity index (χ1v) is 11.5. The van der Waals surface area contributed by atoms with Crippen LogP contribution < -0.4 is 14.8 Å². The number of nitrogens with one attached hydrogen (secondary N) is 1. The zero-order valence-electron chi connectivity index (χ0n) is 18.3. The maximum atomic E-state index is 14.7. The van der Waals surface area contributed by atoms with Gasteiger partial charge in [0.25, 0.3) is 5.91 Å². The molecule has 0 aliphatic heterocycles. The number of rotatable bonds is 7. The minimum Gasteiger partial charge on any atom is -0.496 e. The van der Waals surface area contributed by atoms with Crippen molar-refractivity contribution in [3.05, 3.63) is 23.5 Å². The zero-order chi connectivity index (χ0) is 22.0. The minimum atomic E-state index is -0.555. The summed E-state index contributed by atoms with van der Waals surface area (Å²) in [7, 11) is 1.43. The Kier molecular flexibility index (Phi) is 6.68. The predicted molar refractivity (Wildman–Crippen MR) is 113 cm³/mol. The fraction of sp³-hybridized carbons (Fsp3) is 0.667. The summed E-state index contributed by atoms with van der Waals surface area (Å²) in [5.41, 5.74) is 0.293. The van der Waals surface area contributed by atoms with Gasteiger partial charge in [-0.05, 0) is 69.8 Å². The molecule has 1 amide bonds. The molecule has 7 heteroatoms. The molecule has 6 nitrogen and oxygen atoms in total. The van der Waals surface area contributed by atoms with E-state index < -0.39 is 5.82 Å². The van der Waals surface area contributed by atoms with Gasteiger partial charge in [-0.1, -0.05) is 6.42 Å². The first-order valence-electron chi connectivity index (χ1n) is 11.5. The lowest BCUT2D eigenvalue weighted by atomic mass is 9.87. The zero-order valence-corrected chi connectivity index (χ0v) is 18.3. The second-order valence-electron chi connectivity index (χ2n) is 9.08. The van der Waals surface area contributed by atoms with Crippen LogP contribution in [0.15, 0.2) is 12.1 Å². The first-order chi connectivity index (χ1) is 15.0. The van der Waals surface area contributed by atoms with Crippen LogP contribution in [0.1, 0.15) is 68.6 Å². The van der Waals surface area contributed by atoms with E-state index in [1.807, 2.05) is 0 Å². The van der Waals surface area contributed by atoms with Gasteiger partial charge in [-0.15, -0.1) is 0 Å². The topological polar surface area (TPSA) is 73.9 Å². The maximum Gasteiger partial charge on any atom is 0.308 e. The average molecular weight is 434 g/mol. The number of halogens is 1. The highest BCUT2D eigenvalue weighted by Gasteiger charge is 2.40. The molecule has 3 aliphatic rings. The number of carbonyl (C=O) groups excluding carboxylic acids is 2. The van der Waals surface area contributed by atoms with Crippen LogP contribution in [-0.2, 0) is 9.53 Å². The molecule has 2 bridgehead atoms. The summed E-state index contributed by atoms with van der Waals surface area (Å²) in [5.74, 6) is 0.431. The smallest absolute Gasteiger partial charge is 0.308 e. The van der Waals surface area contributed by atoms with Crippen LogP contribution in [0, 0.1) is 23.6 Å². The third-order valence-electron chi connectivity index (χ3n) is 7.14. The van der Waals surface area contributed by atoms with Gasteiger partial charge in [0, 0.05) is 12.1 Å². The molecular weight excluding hydrogens is 401 g/mol. The van der Waals surface area contributed by atoms with Gasteiger partial charge in [0.2, 0.25) is 0 Å². The van der Waals surface area contributed by atoms with Gasteiger partial charge >= 0.3 is 5.97 Å². The summed E-state index contributed by atoms with van der Waals surface area (Å²) in [6.45, 7) is 2.17. The molecule has 3 saturated carbocycles. The van der Waals surface area contributed by atoms with E-state index in [9.17, 15) is 14.0 Å². The number of esters is 1. The lowest BCUT2D eigenvalue weighted by molar-refractivity contribution is -0.149. The Bertz CT molecular complexity index is 820. The van der Waals surface area contributed by atoms with Crippen LogP contribution in [0.4, 0.5) is 4.39 Å². The number of ether oxygens (including phenoxy) is 3. The van der Waals surface area contributed by atoms with Crippen LogP contribution in [0.25, 0.3) is 0 Å². The highest BCUT2D eigenvalue weighted by Crippen LogP contribution is 2.44. The highest BCUT2D eigenvalue weighted by atomic mass is 19.1. The molecule has 31 heavy (non-hydrogen) atoms. The molecule has 0 unspecified atom stereocenters. The molecule has 3 fully saturated rings. The number of hydrogen-bond donors (Lipinski definition) is 1. The Balaban J connectivity index is 1.41. The Hall–Kier alpha value is -2.31. The second kappa shape index (κ2) is 9.45. The SMILES string of the molecule is CCOC(=O)C1CCC(Oc2cc(C(=O)N[C@H]3C[C@@H]4CC[C@H]3C4)c(OC)cc2F)CC1. The second-order valence-corrected chi connectivity index (χ2v) is 9.08. The van der Waals surface area contributed by atoms with Crippen LogP contribution >= 0.6 is 0 Å². The molecule has 0 spiro atoms. The lowest BCUT2D eigenvalue weighted by Gasteiger charge is -2.28. The molecule has 3 aliphatic carbocycles. The van der Waals surface area contributed by atoms with E-state index in [0.717, 1.165) is 6.42 Å². The van der Waals surface area contributed by atoms with Crippen LogP contribution in [-0.4, -0.2) is 37.7 Å². The molecule has 0 heterocycles. The number of methoxy groups -OCH3 is 1. The first kappa shape index (κ1) is 21.9. The average Bonchev–Trinajstić information content (AvgIpc) is 3.38. The summed E-state index contributed by atoms with van der Waals surface area (Å²) in [6.07, 6.45) is 7.02. The van der Waals surface area contributed by atoms with Crippen molar-refractivity contribution in [3.8, 4) is 11.5 Å². The van der Waals surface area contributed by atoms with Gasteiger partial charge in [0.1, 0.15) is 5.75 Å². The molecule has 1 aromatic carbocycles. The van der Waals surface area contributed by atoms with Crippen LogP contribution in [0.5, 0.6) is 11.5 Å². The van der Waals surface area contributed by atoms with Gasteiger partial charge in [-0.3, -0.25) is 9.59 Å². The van der Waals surface area contributed by atoms with Crippen LogP contribution in [0.3, 0.4) is 0 Å². The summed E-state index contributed by atoms with van der Waals surface area (Å²) in [6, 6.07) is 2.85. The molecule has 0 aromatic heterocycles. The van der Waals surface area contributed by atoms with E-state index in [1.54, 1.807) is 6.92 Å². The molecule has 1 aromatic rings. The molecule has 1 N–H and O–H groups in total. The monoisotopic (exact) mass is 433 g/mol. The molecule has 3 atom stereocenters. The fourth-order valence-corrected chi connectivity index (χ4v) is 5.50. The van der Waals surface area contributed by atoms with E-state index in [2.05, 4.69) is 5.32 Å². The Labute approximate surface area is 182 Å². The number of carbonyl (C=O) groups is 2. The quantitative estimate of drug-likeness (QED) is 0.651. The number of amides is 1. The van der Waals surface area contributed by atoms with Crippen molar-refractivity contribution in [2.75, 3.05) is 13.7 Å². The van der Waals surface area contributed by atoms with E-state index in [4.69, 9.17) is 14.2 Å². The number of benzene rings is 1. The lowest BCUT2D eigenvalue weighted by Crippen LogP contribution is -2.38. The summed E-state index contributed by atoms with van der Waals surface area (Å²) >= 11 is 0. The fourth-order valence-electron chi connectivity index (χ4n) is 5.50. The van der Waals surface area contributed by atoms with E-state index in [-0.39, 0.29) is 41.4 Å². The minimum absolute atomic E-state index is 0.0541. The summed E-state index contributed by atoms with van der Waals surface area (Å²) < 4.78 is 30.9. The van der Waals surface area contributed by atoms with E-state index >= 15 is 0 Å². The van der Waals surface area contributed by atoms with Crippen molar-refractivity contribution in [2.24, 2.45) is 17.8 Å². The maximum absolute atomic E-state index is 14.7. The van der Waals surface area contributed by atoms with Gasteiger partial charge in [-0.2, -0.15) is 0 Å². The molecule has 0 saturated heterocycles. The normalized spacial score (nSPS) is 29.5. The van der Waals surface area contributed by atoms with Gasteiger partial charge in [0.15, 0.2) is 11.6 Å². The van der Waals surface area contributed by atoms with E-state index in [1.165, 1.54) is 38.5 Å². The van der Waals surface area contributed by atoms with Crippen molar-refractivity contribution in [2.45, 2.75) is 70.4 Å². The largest absolute Gasteiger partial charge is 0.496 e. The third-order valence-corrected chi connectivity index (χ3v) is 7.14. The summed E-state index contributed by atoms with van der Waals surface area (Å²) in [5, 5.41) is 3.13. The Morgan fingerprint density at radius 3 is 2.45 bits per heavy atom. The molecule has 0 radical (unpaired) electrons. The van der Waals surface area contributed by atoms with Crippen molar-refractivity contribution < 1.29 is 28.2 Å². The molecular formula is C24H32FNO5. The van der Waals surface area contributed by atoms with Gasteiger partial charge in [-0.25, -0.2) is 4.39 Å². The van der Waals surface area contributed by atoms with Crippen molar-refractivity contribution in [1.29, 1.82) is 0 Å². The molecule has 4 rings (SSSR count).